The van der Waals surface area contributed by atoms with Gasteiger partial charge in [-0.1, -0.05) is 60.2 Å². The Morgan fingerprint density at radius 1 is 0.793 bits per heavy atom. The third-order valence-corrected chi connectivity index (χ3v) is 5.61. The summed E-state index contributed by atoms with van der Waals surface area (Å²) in [7, 11) is 0. The van der Waals surface area contributed by atoms with Gasteiger partial charge in [-0.3, -0.25) is 14.5 Å². The van der Waals surface area contributed by atoms with Crippen LogP contribution in [-0.2, 0) is 9.59 Å². The van der Waals surface area contributed by atoms with Crippen molar-refractivity contribution < 1.29 is 9.59 Å². The highest BCUT2D eigenvalue weighted by atomic mass is 16.2. The van der Waals surface area contributed by atoms with Gasteiger partial charge in [-0.2, -0.15) is 0 Å². The van der Waals surface area contributed by atoms with Gasteiger partial charge < -0.3 is 4.90 Å². The van der Waals surface area contributed by atoms with Crippen LogP contribution in [0.3, 0.4) is 0 Å². The van der Waals surface area contributed by atoms with Crippen molar-refractivity contribution >= 4 is 23.2 Å². The SMILES string of the molecule is Cc1ccc(N2C(=O)CN(c3cccc(C)c3C)C(=O)C2c2ccccc2)cc1. The van der Waals surface area contributed by atoms with Crippen LogP contribution in [0.15, 0.2) is 72.8 Å². The molecule has 1 aliphatic rings. The van der Waals surface area contributed by atoms with E-state index in [1.807, 2.05) is 93.6 Å². The molecular formula is C25H24N2O2. The van der Waals surface area contributed by atoms with Crippen molar-refractivity contribution in [3.63, 3.8) is 0 Å². The summed E-state index contributed by atoms with van der Waals surface area (Å²) < 4.78 is 0. The van der Waals surface area contributed by atoms with E-state index in [1.165, 1.54) is 0 Å². The minimum absolute atomic E-state index is 0.0281. The van der Waals surface area contributed by atoms with Crippen LogP contribution in [0.1, 0.15) is 28.3 Å². The average Bonchev–Trinajstić information content (AvgIpc) is 2.73. The zero-order chi connectivity index (χ0) is 20.5. The van der Waals surface area contributed by atoms with Gasteiger partial charge in [0.15, 0.2) is 0 Å². The number of aryl methyl sites for hydroxylation is 2. The summed E-state index contributed by atoms with van der Waals surface area (Å²) >= 11 is 0. The molecule has 1 fully saturated rings. The van der Waals surface area contributed by atoms with Crippen molar-refractivity contribution in [3.8, 4) is 0 Å². The number of carbonyl (C=O) groups is 2. The number of nitrogens with zero attached hydrogens (tertiary/aromatic N) is 2. The molecule has 1 unspecified atom stereocenters. The van der Waals surface area contributed by atoms with Crippen LogP contribution in [0.5, 0.6) is 0 Å². The minimum Gasteiger partial charge on any atom is -0.301 e. The van der Waals surface area contributed by atoms with Crippen LogP contribution in [0.25, 0.3) is 0 Å². The van der Waals surface area contributed by atoms with Crippen LogP contribution in [0.4, 0.5) is 11.4 Å². The van der Waals surface area contributed by atoms with E-state index in [1.54, 1.807) is 9.80 Å². The standard InChI is InChI=1S/C25H24N2O2/c1-17-12-14-21(15-13-17)27-23(28)16-26(22-11-7-8-18(2)19(22)3)25(29)24(27)20-9-5-4-6-10-20/h4-15,24H,16H2,1-3H3. The first-order valence-corrected chi connectivity index (χ1v) is 9.78. The number of amides is 2. The molecule has 0 bridgehead atoms. The van der Waals surface area contributed by atoms with Gasteiger partial charge >= 0.3 is 0 Å². The molecular weight excluding hydrogens is 360 g/mol. The molecule has 3 aromatic rings. The predicted molar refractivity (Wildman–Crippen MR) is 116 cm³/mol. The number of hydrogen-bond donors (Lipinski definition) is 0. The Morgan fingerprint density at radius 3 is 2.17 bits per heavy atom. The first kappa shape index (κ1) is 18.9. The van der Waals surface area contributed by atoms with Gasteiger partial charge in [-0.25, -0.2) is 0 Å². The summed E-state index contributed by atoms with van der Waals surface area (Å²) in [6, 6.07) is 22.4. The third-order valence-electron chi connectivity index (χ3n) is 5.61. The second-order valence-electron chi connectivity index (χ2n) is 7.56. The molecule has 4 rings (SSSR count). The molecule has 0 aliphatic carbocycles. The van der Waals surface area contributed by atoms with Gasteiger partial charge in [0.25, 0.3) is 5.91 Å². The molecule has 1 saturated heterocycles. The monoisotopic (exact) mass is 384 g/mol. The fourth-order valence-corrected chi connectivity index (χ4v) is 3.85. The molecule has 4 heteroatoms. The van der Waals surface area contributed by atoms with Gasteiger partial charge in [0.05, 0.1) is 0 Å². The van der Waals surface area contributed by atoms with E-state index in [9.17, 15) is 9.59 Å². The Kier molecular flexibility index (Phi) is 4.93. The van der Waals surface area contributed by atoms with Gasteiger partial charge in [-0.15, -0.1) is 0 Å². The van der Waals surface area contributed by atoms with Crippen molar-refractivity contribution in [2.24, 2.45) is 0 Å². The van der Waals surface area contributed by atoms with E-state index in [0.717, 1.165) is 33.6 Å². The molecule has 146 valence electrons. The van der Waals surface area contributed by atoms with E-state index in [4.69, 9.17) is 0 Å². The van der Waals surface area contributed by atoms with E-state index < -0.39 is 6.04 Å². The summed E-state index contributed by atoms with van der Waals surface area (Å²) in [5, 5.41) is 0. The summed E-state index contributed by atoms with van der Waals surface area (Å²) in [5.41, 5.74) is 5.57. The van der Waals surface area contributed by atoms with Gasteiger partial charge in [0, 0.05) is 11.4 Å². The Hall–Kier alpha value is -3.40. The maximum atomic E-state index is 13.7. The van der Waals surface area contributed by atoms with E-state index in [0.29, 0.717) is 0 Å². The third kappa shape index (κ3) is 3.42. The average molecular weight is 384 g/mol. The molecule has 3 aromatic carbocycles. The summed E-state index contributed by atoms with van der Waals surface area (Å²) in [6.45, 7) is 6.04. The topological polar surface area (TPSA) is 40.6 Å². The Bertz CT molecular complexity index is 1060. The predicted octanol–water partition coefficient (Wildman–Crippen LogP) is 4.73. The highest BCUT2D eigenvalue weighted by molar-refractivity contribution is 6.14. The fourth-order valence-electron chi connectivity index (χ4n) is 3.85. The molecule has 0 N–H and O–H groups in total. The molecule has 1 atom stereocenters. The molecule has 0 aromatic heterocycles. The molecule has 2 amide bonds. The van der Waals surface area contributed by atoms with E-state index >= 15 is 0 Å². The molecule has 29 heavy (non-hydrogen) atoms. The van der Waals surface area contributed by atoms with Crippen molar-refractivity contribution in [2.75, 3.05) is 16.3 Å². The normalized spacial score (nSPS) is 17.0. The number of piperazine rings is 1. The maximum absolute atomic E-state index is 13.7. The lowest BCUT2D eigenvalue weighted by Gasteiger charge is -2.41. The molecule has 0 radical (unpaired) electrons. The van der Waals surface area contributed by atoms with E-state index in [-0.39, 0.29) is 18.4 Å². The zero-order valence-electron chi connectivity index (χ0n) is 16.9. The number of anilines is 2. The number of carbonyl (C=O) groups excluding carboxylic acids is 2. The highest BCUT2D eigenvalue weighted by Crippen LogP contribution is 2.35. The number of benzene rings is 3. The van der Waals surface area contributed by atoms with Crippen molar-refractivity contribution in [3.05, 3.63) is 95.1 Å². The summed E-state index contributed by atoms with van der Waals surface area (Å²) in [6.07, 6.45) is 0. The van der Waals surface area contributed by atoms with Crippen LogP contribution in [0.2, 0.25) is 0 Å². The van der Waals surface area contributed by atoms with Gasteiger partial charge in [-0.05, 0) is 55.7 Å². The smallest absolute Gasteiger partial charge is 0.255 e. The highest BCUT2D eigenvalue weighted by Gasteiger charge is 2.42. The lowest BCUT2D eigenvalue weighted by atomic mass is 9.98. The minimum atomic E-state index is -0.694. The number of hydrogen-bond acceptors (Lipinski definition) is 2. The second-order valence-corrected chi connectivity index (χ2v) is 7.56. The van der Waals surface area contributed by atoms with Crippen molar-refractivity contribution in [1.82, 2.24) is 0 Å². The molecule has 0 saturated carbocycles. The van der Waals surface area contributed by atoms with E-state index in [2.05, 4.69) is 0 Å². The number of rotatable bonds is 3. The van der Waals surface area contributed by atoms with Gasteiger partial charge in [0.2, 0.25) is 5.91 Å². The Labute approximate surface area is 171 Å². The first-order valence-electron chi connectivity index (χ1n) is 9.78. The fraction of sp³-hybridized carbons (Fsp3) is 0.200. The Balaban J connectivity index is 1.83. The molecule has 1 aliphatic heterocycles. The quantitative estimate of drug-likeness (QED) is 0.655. The van der Waals surface area contributed by atoms with Crippen LogP contribution < -0.4 is 9.80 Å². The largest absolute Gasteiger partial charge is 0.301 e. The lowest BCUT2D eigenvalue weighted by molar-refractivity contribution is -0.128. The first-order chi connectivity index (χ1) is 14.0. The lowest BCUT2D eigenvalue weighted by Crippen LogP contribution is -2.56. The van der Waals surface area contributed by atoms with Crippen molar-refractivity contribution in [1.29, 1.82) is 0 Å². The maximum Gasteiger partial charge on any atom is 0.255 e. The van der Waals surface area contributed by atoms with Gasteiger partial charge in [0.1, 0.15) is 12.6 Å². The summed E-state index contributed by atoms with van der Waals surface area (Å²) in [5.74, 6) is -0.187. The zero-order valence-corrected chi connectivity index (χ0v) is 16.9. The Morgan fingerprint density at radius 2 is 1.48 bits per heavy atom. The van der Waals surface area contributed by atoms with Crippen molar-refractivity contribution in [2.45, 2.75) is 26.8 Å². The summed E-state index contributed by atoms with van der Waals surface area (Å²) in [4.78, 5) is 30.3. The molecule has 4 nitrogen and oxygen atoms in total. The molecule has 1 heterocycles. The van der Waals surface area contributed by atoms with Crippen LogP contribution in [-0.4, -0.2) is 18.4 Å². The molecule has 0 spiro atoms. The van der Waals surface area contributed by atoms with Crippen LogP contribution >= 0.6 is 0 Å². The second kappa shape index (κ2) is 7.55. The van der Waals surface area contributed by atoms with Crippen LogP contribution in [0, 0.1) is 20.8 Å².